The minimum absolute atomic E-state index is 0.0744. The normalized spacial score (nSPS) is 21.8. The standard InChI is InChI=1S/C13H25NO3/c1-5-16-10-9-14-8-6-7-11(14)12(15)17-13(2,3)4/h11H,5-10H2,1-4H3/t11-/m1/s1. The van der Waals surface area contributed by atoms with Gasteiger partial charge in [-0.15, -0.1) is 0 Å². The van der Waals surface area contributed by atoms with Crippen molar-refractivity contribution in [3.8, 4) is 0 Å². The van der Waals surface area contributed by atoms with Crippen molar-refractivity contribution in [1.29, 1.82) is 0 Å². The van der Waals surface area contributed by atoms with Crippen LogP contribution < -0.4 is 0 Å². The molecule has 1 rings (SSSR count). The third-order valence-electron chi connectivity index (χ3n) is 2.77. The fourth-order valence-corrected chi connectivity index (χ4v) is 2.06. The number of rotatable bonds is 5. The highest BCUT2D eigenvalue weighted by molar-refractivity contribution is 5.76. The number of hydrogen-bond donors (Lipinski definition) is 0. The molecule has 0 bridgehead atoms. The van der Waals surface area contributed by atoms with E-state index in [1.165, 1.54) is 0 Å². The van der Waals surface area contributed by atoms with Crippen molar-refractivity contribution in [1.82, 2.24) is 4.90 Å². The largest absolute Gasteiger partial charge is 0.459 e. The molecule has 1 heterocycles. The van der Waals surface area contributed by atoms with Gasteiger partial charge in [-0.05, 0) is 47.1 Å². The molecule has 0 spiro atoms. The second kappa shape index (κ2) is 6.36. The number of nitrogens with zero attached hydrogens (tertiary/aromatic N) is 1. The summed E-state index contributed by atoms with van der Waals surface area (Å²) in [5, 5.41) is 0. The van der Waals surface area contributed by atoms with Crippen molar-refractivity contribution >= 4 is 5.97 Å². The monoisotopic (exact) mass is 243 g/mol. The zero-order valence-corrected chi connectivity index (χ0v) is 11.5. The third-order valence-corrected chi connectivity index (χ3v) is 2.77. The minimum Gasteiger partial charge on any atom is -0.459 e. The topological polar surface area (TPSA) is 38.8 Å². The Morgan fingerprint density at radius 2 is 2.12 bits per heavy atom. The molecule has 0 unspecified atom stereocenters. The predicted molar refractivity (Wildman–Crippen MR) is 66.9 cm³/mol. The molecular formula is C13H25NO3. The lowest BCUT2D eigenvalue weighted by Crippen LogP contribution is -2.41. The van der Waals surface area contributed by atoms with Crippen molar-refractivity contribution in [2.24, 2.45) is 0 Å². The SMILES string of the molecule is CCOCCN1CCC[C@@H]1C(=O)OC(C)(C)C. The first kappa shape index (κ1) is 14.5. The van der Waals surface area contributed by atoms with Gasteiger partial charge in [0.05, 0.1) is 6.61 Å². The lowest BCUT2D eigenvalue weighted by atomic mass is 10.1. The van der Waals surface area contributed by atoms with E-state index in [1.54, 1.807) is 0 Å². The number of hydrogen-bond acceptors (Lipinski definition) is 4. The molecule has 0 N–H and O–H groups in total. The summed E-state index contributed by atoms with van der Waals surface area (Å²) in [7, 11) is 0. The van der Waals surface area contributed by atoms with E-state index in [-0.39, 0.29) is 12.0 Å². The van der Waals surface area contributed by atoms with Gasteiger partial charge < -0.3 is 9.47 Å². The Hall–Kier alpha value is -0.610. The molecule has 0 aromatic carbocycles. The first-order valence-electron chi connectivity index (χ1n) is 6.48. The van der Waals surface area contributed by atoms with Gasteiger partial charge in [-0.25, -0.2) is 0 Å². The van der Waals surface area contributed by atoms with Crippen LogP contribution in [0.15, 0.2) is 0 Å². The maximum Gasteiger partial charge on any atom is 0.323 e. The summed E-state index contributed by atoms with van der Waals surface area (Å²) in [5.41, 5.74) is -0.398. The quantitative estimate of drug-likeness (QED) is 0.545. The second-order valence-electron chi connectivity index (χ2n) is 5.42. The van der Waals surface area contributed by atoms with Crippen molar-refractivity contribution in [3.63, 3.8) is 0 Å². The van der Waals surface area contributed by atoms with Crippen LogP contribution in [0.5, 0.6) is 0 Å². The maximum absolute atomic E-state index is 12.0. The van der Waals surface area contributed by atoms with Crippen LogP contribution >= 0.6 is 0 Å². The zero-order valence-electron chi connectivity index (χ0n) is 11.5. The Morgan fingerprint density at radius 3 is 2.71 bits per heavy atom. The van der Waals surface area contributed by atoms with Gasteiger partial charge in [-0.1, -0.05) is 0 Å². The van der Waals surface area contributed by atoms with Crippen LogP contribution in [0.4, 0.5) is 0 Å². The van der Waals surface area contributed by atoms with Crippen LogP contribution in [0.3, 0.4) is 0 Å². The number of ether oxygens (including phenoxy) is 2. The molecule has 4 nitrogen and oxygen atoms in total. The van der Waals surface area contributed by atoms with E-state index >= 15 is 0 Å². The molecule has 1 saturated heterocycles. The van der Waals surface area contributed by atoms with E-state index in [1.807, 2.05) is 27.7 Å². The molecule has 1 fully saturated rings. The molecule has 1 aliphatic rings. The molecular weight excluding hydrogens is 218 g/mol. The summed E-state index contributed by atoms with van der Waals surface area (Å²) in [4.78, 5) is 14.2. The molecule has 0 aromatic rings. The van der Waals surface area contributed by atoms with E-state index in [2.05, 4.69) is 4.90 Å². The van der Waals surface area contributed by atoms with Crippen molar-refractivity contribution in [2.45, 2.75) is 52.2 Å². The molecule has 0 saturated carbocycles. The van der Waals surface area contributed by atoms with Gasteiger partial charge in [-0.2, -0.15) is 0 Å². The van der Waals surface area contributed by atoms with E-state index in [0.29, 0.717) is 6.61 Å². The molecule has 0 aliphatic carbocycles. The summed E-state index contributed by atoms with van der Waals surface area (Å²) >= 11 is 0. The van der Waals surface area contributed by atoms with Gasteiger partial charge in [0.2, 0.25) is 0 Å². The smallest absolute Gasteiger partial charge is 0.323 e. The predicted octanol–water partition coefficient (Wildman–Crippen LogP) is 1.83. The average Bonchev–Trinajstić information content (AvgIpc) is 2.64. The minimum atomic E-state index is -0.398. The van der Waals surface area contributed by atoms with Gasteiger partial charge in [-0.3, -0.25) is 9.69 Å². The van der Waals surface area contributed by atoms with E-state index in [9.17, 15) is 4.79 Å². The summed E-state index contributed by atoms with van der Waals surface area (Å²) < 4.78 is 10.8. The van der Waals surface area contributed by atoms with Crippen molar-refractivity contribution in [2.75, 3.05) is 26.3 Å². The molecule has 17 heavy (non-hydrogen) atoms. The highest BCUT2D eigenvalue weighted by atomic mass is 16.6. The van der Waals surface area contributed by atoms with Crippen LogP contribution in [-0.4, -0.2) is 48.8 Å². The van der Waals surface area contributed by atoms with E-state index < -0.39 is 5.60 Å². The average molecular weight is 243 g/mol. The third kappa shape index (κ3) is 5.04. The molecule has 100 valence electrons. The van der Waals surface area contributed by atoms with E-state index in [0.717, 1.165) is 32.5 Å². The Bertz CT molecular complexity index is 248. The second-order valence-corrected chi connectivity index (χ2v) is 5.42. The molecule has 0 aromatic heterocycles. The van der Waals surface area contributed by atoms with E-state index in [4.69, 9.17) is 9.47 Å². The molecule has 1 aliphatic heterocycles. The Balaban J connectivity index is 2.42. The molecule has 0 radical (unpaired) electrons. The van der Waals surface area contributed by atoms with Crippen LogP contribution in [0.2, 0.25) is 0 Å². The van der Waals surface area contributed by atoms with Gasteiger partial charge >= 0.3 is 5.97 Å². The van der Waals surface area contributed by atoms with Crippen LogP contribution in [0, 0.1) is 0 Å². The van der Waals surface area contributed by atoms with Gasteiger partial charge in [0, 0.05) is 13.2 Å². The Labute approximate surface area is 104 Å². The molecule has 0 amide bonds. The first-order chi connectivity index (χ1) is 7.94. The van der Waals surface area contributed by atoms with Gasteiger partial charge in [0.15, 0.2) is 0 Å². The van der Waals surface area contributed by atoms with Crippen molar-refractivity contribution in [3.05, 3.63) is 0 Å². The molecule has 1 atom stereocenters. The summed E-state index contributed by atoms with van der Waals surface area (Å²) in [6.45, 7) is 10.9. The Morgan fingerprint density at radius 1 is 1.41 bits per heavy atom. The van der Waals surface area contributed by atoms with Crippen LogP contribution in [0.1, 0.15) is 40.5 Å². The van der Waals surface area contributed by atoms with Crippen LogP contribution in [-0.2, 0) is 14.3 Å². The fourth-order valence-electron chi connectivity index (χ4n) is 2.06. The summed E-state index contributed by atoms with van der Waals surface area (Å²) in [6.07, 6.45) is 1.97. The lowest BCUT2D eigenvalue weighted by Gasteiger charge is -2.27. The lowest BCUT2D eigenvalue weighted by molar-refractivity contribution is -0.160. The van der Waals surface area contributed by atoms with Crippen molar-refractivity contribution < 1.29 is 14.3 Å². The molecule has 4 heteroatoms. The maximum atomic E-state index is 12.0. The van der Waals surface area contributed by atoms with Crippen LogP contribution in [0.25, 0.3) is 0 Å². The van der Waals surface area contributed by atoms with Gasteiger partial charge in [0.25, 0.3) is 0 Å². The summed E-state index contributed by atoms with van der Waals surface area (Å²) in [6, 6.07) is -0.0744. The fraction of sp³-hybridized carbons (Fsp3) is 0.923. The Kier molecular flexibility index (Phi) is 5.40. The first-order valence-corrected chi connectivity index (χ1v) is 6.48. The van der Waals surface area contributed by atoms with Gasteiger partial charge in [0.1, 0.15) is 11.6 Å². The zero-order chi connectivity index (χ0) is 12.9. The number of likely N-dealkylation sites (tertiary alicyclic amines) is 1. The number of carbonyl (C=O) groups is 1. The summed E-state index contributed by atoms with van der Waals surface area (Å²) in [5.74, 6) is -0.0912. The highest BCUT2D eigenvalue weighted by Crippen LogP contribution is 2.20. The number of carbonyl (C=O) groups excluding carboxylic acids is 1. The highest BCUT2D eigenvalue weighted by Gasteiger charge is 2.33. The number of esters is 1.